The second kappa shape index (κ2) is 7.79. The van der Waals surface area contributed by atoms with Crippen LogP contribution in [0.1, 0.15) is 32.3 Å². The van der Waals surface area contributed by atoms with Gasteiger partial charge >= 0.3 is 0 Å². The summed E-state index contributed by atoms with van der Waals surface area (Å²) in [5.41, 5.74) is 1.83. The Bertz CT molecular complexity index is 715. The van der Waals surface area contributed by atoms with E-state index in [4.69, 9.17) is 0 Å². The predicted molar refractivity (Wildman–Crippen MR) is 93.5 cm³/mol. The Morgan fingerprint density at radius 3 is 2.58 bits per heavy atom. The summed E-state index contributed by atoms with van der Waals surface area (Å²) in [6.45, 7) is 3.66. The van der Waals surface area contributed by atoms with Crippen molar-refractivity contribution in [3.8, 4) is 0 Å². The zero-order valence-electron chi connectivity index (χ0n) is 14.1. The van der Waals surface area contributed by atoms with E-state index < -0.39 is 9.84 Å². The van der Waals surface area contributed by atoms with E-state index in [1.54, 1.807) is 0 Å². The van der Waals surface area contributed by atoms with Crippen molar-refractivity contribution in [2.45, 2.75) is 39.2 Å². The molecule has 132 valence electrons. The molecule has 0 aliphatic carbocycles. The fourth-order valence-electron chi connectivity index (χ4n) is 3.00. The molecule has 0 radical (unpaired) electrons. The fraction of sp³-hybridized carbons (Fsp3) is 0.529. The summed E-state index contributed by atoms with van der Waals surface area (Å²) in [7, 11) is -3.06. The van der Waals surface area contributed by atoms with Gasteiger partial charge in [0, 0.05) is 31.6 Å². The molecule has 0 saturated carbocycles. The number of carbonyl (C=O) groups is 2. The Hall–Kier alpha value is -1.89. The average Bonchev–Trinajstić information content (AvgIpc) is 2.87. The van der Waals surface area contributed by atoms with Crippen LogP contribution in [0.2, 0.25) is 0 Å². The highest BCUT2D eigenvalue weighted by Gasteiger charge is 2.33. The van der Waals surface area contributed by atoms with E-state index in [-0.39, 0.29) is 42.3 Å². The van der Waals surface area contributed by atoms with E-state index >= 15 is 0 Å². The Labute approximate surface area is 143 Å². The molecule has 1 aliphatic rings. The lowest BCUT2D eigenvalue weighted by Gasteiger charge is -2.26. The van der Waals surface area contributed by atoms with Crippen LogP contribution in [0.3, 0.4) is 0 Å². The maximum Gasteiger partial charge on any atom is 0.226 e. The Morgan fingerprint density at radius 2 is 2.00 bits per heavy atom. The van der Waals surface area contributed by atoms with Gasteiger partial charge in [-0.15, -0.1) is 0 Å². The Morgan fingerprint density at radius 1 is 1.29 bits per heavy atom. The molecule has 6 nitrogen and oxygen atoms in total. The molecular weight excluding hydrogens is 328 g/mol. The minimum Gasteiger partial charge on any atom is -0.338 e. The van der Waals surface area contributed by atoms with Crippen molar-refractivity contribution < 1.29 is 18.0 Å². The lowest BCUT2D eigenvalue weighted by atomic mass is 10.1. The first-order chi connectivity index (χ1) is 11.3. The minimum atomic E-state index is -3.06. The smallest absolute Gasteiger partial charge is 0.226 e. The lowest BCUT2D eigenvalue weighted by Crippen LogP contribution is -2.41. The number of aryl methyl sites for hydroxylation is 1. The van der Waals surface area contributed by atoms with Crippen LogP contribution in [0.4, 0.5) is 5.69 Å². The molecule has 1 aromatic rings. The van der Waals surface area contributed by atoms with Gasteiger partial charge in [-0.3, -0.25) is 9.59 Å². The number of anilines is 1. The number of sulfone groups is 1. The summed E-state index contributed by atoms with van der Waals surface area (Å²) in [4.78, 5) is 25.5. The molecule has 1 atom stereocenters. The SMILES string of the molecule is CCc1ccccc1NC(=O)CCN(C(C)=O)C1CCS(=O)(=O)C1. The summed E-state index contributed by atoms with van der Waals surface area (Å²) >= 11 is 0. The van der Waals surface area contributed by atoms with Crippen molar-refractivity contribution in [2.24, 2.45) is 0 Å². The number of carbonyl (C=O) groups excluding carboxylic acids is 2. The van der Waals surface area contributed by atoms with Crippen molar-refractivity contribution in [1.29, 1.82) is 0 Å². The number of hydrogen-bond donors (Lipinski definition) is 1. The van der Waals surface area contributed by atoms with Crippen LogP contribution in [0, 0.1) is 0 Å². The fourth-order valence-corrected chi connectivity index (χ4v) is 4.73. The van der Waals surface area contributed by atoms with Crippen molar-refractivity contribution in [1.82, 2.24) is 4.90 Å². The number of rotatable bonds is 6. The van der Waals surface area contributed by atoms with Gasteiger partial charge in [0.15, 0.2) is 9.84 Å². The molecule has 1 aliphatic heterocycles. The molecule has 1 N–H and O–H groups in total. The van der Waals surface area contributed by atoms with Gasteiger partial charge < -0.3 is 10.2 Å². The second-order valence-electron chi connectivity index (χ2n) is 6.08. The van der Waals surface area contributed by atoms with E-state index in [0.717, 1.165) is 17.7 Å². The molecule has 24 heavy (non-hydrogen) atoms. The maximum absolute atomic E-state index is 12.2. The summed E-state index contributed by atoms with van der Waals surface area (Å²) in [5, 5.41) is 2.87. The predicted octanol–water partition coefficient (Wildman–Crippen LogP) is 1.61. The van der Waals surface area contributed by atoms with Crippen molar-refractivity contribution >= 4 is 27.3 Å². The summed E-state index contributed by atoms with van der Waals surface area (Å²) in [6, 6.07) is 7.28. The number of amides is 2. The molecule has 0 spiro atoms. The second-order valence-corrected chi connectivity index (χ2v) is 8.31. The van der Waals surface area contributed by atoms with Crippen LogP contribution in [-0.2, 0) is 25.8 Å². The topological polar surface area (TPSA) is 83.6 Å². The number of para-hydroxylation sites is 1. The molecule has 0 bridgehead atoms. The zero-order chi connectivity index (χ0) is 17.7. The van der Waals surface area contributed by atoms with Gasteiger partial charge in [0.2, 0.25) is 11.8 Å². The van der Waals surface area contributed by atoms with Crippen LogP contribution in [0.5, 0.6) is 0 Å². The summed E-state index contributed by atoms with van der Waals surface area (Å²) in [6.07, 6.45) is 1.41. The van der Waals surface area contributed by atoms with Gasteiger partial charge in [-0.25, -0.2) is 8.42 Å². The molecule has 7 heteroatoms. The highest BCUT2D eigenvalue weighted by atomic mass is 32.2. The van der Waals surface area contributed by atoms with E-state index in [0.29, 0.717) is 6.42 Å². The van der Waals surface area contributed by atoms with Crippen LogP contribution >= 0.6 is 0 Å². The zero-order valence-corrected chi connectivity index (χ0v) is 14.9. The molecule has 1 saturated heterocycles. The Kier molecular flexibility index (Phi) is 5.99. The quantitative estimate of drug-likeness (QED) is 0.843. The van der Waals surface area contributed by atoms with Crippen molar-refractivity contribution in [2.75, 3.05) is 23.4 Å². The summed E-state index contributed by atoms with van der Waals surface area (Å²) < 4.78 is 23.2. The largest absolute Gasteiger partial charge is 0.338 e. The lowest BCUT2D eigenvalue weighted by molar-refractivity contribution is -0.131. The number of benzene rings is 1. The standard InChI is InChI=1S/C17H24N2O4S/c1-3-14-6-4-5-7-16(14)18-17(21)8-10-19(13(2)20)15-9-11-24(22,23)12-15/h4-7,15H,3,8-12H2,1-2H3,(H,18,21). The van der Waals surface area contributed by atoms with Gasteiger partial charge in [-0.05, 0) is 24.5 Å². The molecule has 1 unspecified atom stereocenters. The van der Waals surface area contributed by atoms with Gasteiger partial charge in [-0.1, -0.05) is 25.1 Å². The first-order valence-electron chi connectivity index (χ1n) is 8.18. The van der Waals surface area contributed by atoms with E-state index in [2.05, 4.69) is 5.32 Å². The first kappa shape index (κ1) is 18.4. The van der Waals surface area contributed by atoms with E-state index in [9.17, 15) is 18.0 Å². The number of hydrogen-bond acceptors (Lipinski definition) is 4. The molecule has 2 amide bonds. The van der Waals surface area contributed by atoms with Gasteiger partial charge in [0.1, 0.15) is 0 Å². The van der Waals surface area contributed by atoms with E-state index in [1.807, 2.05) is 31.2 Å². The third-order valence-corrected chi connectivity index (χ3v) is 6.06. The van der Waals surface area contributed by atoms with Crippen LogP contribution < -0.4 is 5.32 Å². The third kappa shape index (κ3) is 4.80. The monoisotopic (exact) mass is 352 g/mol. The number of nitrogens with one attached hydrogen (secondary N) is 1. The summed E-state index contributed by atoms with van der Waals surface area (Å²) in [5.74, 6) is -0.272. The van der Waals surface area contributed by atoms with Crippen molar-refractivity contribution in [3.63, 3.8) is 0 Å². The normalized spacial score (nSPS) is 19.0. The number of nitrogens with zero attached hydrogens (tertiary/aromatic N) is 1. The highest BCUT2D eigenvalue weighted by Crippen LogP contribution is 2.19. The maximum atomic E-state index is 12.2. The minimum absolute atomic E-state index is 0.00708. The van der Waals surface area contributed by atoms with Gasteiger partial charge in [0.25, 0.3) is 0 Å². The molecular formula is C17H24N2O4S. The van der Waals surface area contributed by atoms with Crippen LogP contribution in [0.25, 0.3) is 0 Å². The third-order valence-electron chi connectivity index (χ3n) is 4.31. The van der Waals surface area contributed by atoms with Crippen LogP contribution in [-0.4, -0.2) is 49.2 Å². The van der Waals surface area contributed by atoms with Crippen LogP contribution in [0.15, 0.2) is 24.3 Å². The van der Waals surface area contributed by atoms with Gasteiger partial charge in [-0.2, -0.15) is 0 Å². The van der Waals surface area contributed by atoms with E-state index in [1.165, 1.54) is 11.8 Å². The first-order valence-corrected chi connectivity index (χ1v) is 10.00. The molecule has 1 aromatic carbocycles. The Balaban J connectivity index is 1.94. The van der Waals surface area contributed by atoms with Crippen molar-refractivity contribution in [3.05, 3.63) is 29.8 Å². The average molecular weight is 352 g/mol. The van der Waals surface area contributed by atoms with Gasteiger partial charge in [0.05, 0.1) is 11.5 Å². The highest BCUT2D eigenvalue weighted by molar-refractivity contribution is 7.91. The molecule has 1 fully saturated rings. The molecule has 2 rings (SSSR count). The molecule has 0 aromatic heterocycles. The molecule has 1 heterocycles.